The second-order valence-electron chi connectivity index (χ2n) is 9.83. The van der Waals surface area contributed by atoms with Crippen molar-refractivity contribution in [2.24, 2.45) is 5.92 Å². The summed E-state index contributed by atoms with van der Waals surface area (Å²) in [4.78, 5) is 30.8. The van der Waals surface area contributed by atoms with Gasteiger partial charge in [-0.1, -0.05) is 44.2 Å². The van der Waals surface area contributed by atoms with E-state index >= 15 is 0 Å². The Kier molecular flexibility index (Phi) is 7.83. The van der Waals surface area contributed by atoms with E-state index < -0.39 is 6.04 Å². The van der Waals surface area contributed by atoms with E-state index in [1.54, 1.807) is 14.2 Å². The Balaban J connectivity index is 1.66. The first-order valence-corrected chi connectivity index (χ1v) is 12.6. The topological polar surface area (TPSA) is 71.1 Å². The van der Waals surface area contributed by atoms with Crippen molar-refractivity contribution in [1.29, 1.82) is 0 Å². The molecule has 35 heavy (non-hydrogen) atoms. The fourth-order valence-corrected chi connectivity index (χ4v) is 5.24. The summed E-state index contributed by atoms with van der Waals surface area (Å²) >= 11 is 0. The van der Waals surface area contributed by atoms with Gasteiger partial charge in [-0.2, -0.15) is 0 Å². The predicted octanol–water partition coefficient (Wildman–Crippen LogP) is 4.40. The number of benzene rings is 2. The highest BCUT2D eigenvalue weighted by Crippen LogP contribution is 2.41. The number of amides is 3. The van der Waals surface area contributed by atoms with Gasteiger partial charge < -0.3 is 24.6 Å². The summed E-state index contributed by atoms with van der Waals surface area (Å²) in [6, 6.07) is 13.0. The third kappa shape index (κ3) is 5.39. The van der Waals surface area contributed by atoms with Gasteiger partial charge in [0, 0.05) is 19.6 Å². The van der Waals surface area contributed by atoms with E-state index in [1.165, 1.54) is 0 Å². The zero-order valence-electron chi connectivity index (χ0n) is 21.3. The maximum Gasteiger partial charge on any atom is 0.318 e. The molecule has 188 valence electrons. The largest absolute Gasteiger partial charge is 0.493 e. The Morgan fingerprint density at radius 1 is 1.00 bits per heavy atom. The molecule has 0 aliphatic carbocycles. The van der Waals surface area contributed by atoms with Crippen LogP contribution in [0.15, 0.2) is 42.5 Å². The summed E-state index contributed by atoms with van der Waals surface area (Å²) in [5, 5.41) is 3.12. The van der Waals surface area contributed by atoms with Crippen LogP contribution in [0.25, 0.3) is 0 Å². The highest BCUT2D eigenvalue weighted by Gasteiger charge is 2.36. The van der Waals surface area contributed by atoms with Crippen molar-refractivity contribution in [2.75, 3.05) is 33.9 Å². The molecule has 0 radical (unpaired) electrons. The molecular weight excluding hydrogens is 442 g/mol. The molecule has 0 spiro atoms. The lowest BCUT2D eigenvalue weighted by Crippen LogP contribution is -2.54. The van der Waals surface area contributed by atoms with Crippen LogP contribution in [0.4, 0.5) is 4.79 Å². The van der Waals surface area contributed by atoms with E-state index in [0.717, 1.165) is 42.6 Å². The number of nitrogens with zero attached hydrogens (tertiary/aromatic N) is 2. The molecule has 2 aromatic rings. The van der Waals surface area contributed by atoms with Gasteiger partial charge in [0.25, 0.3) is 0 Å². The number of carbonyl (C=O) groups is 2. The normalized spacial score (nSPS) is 18.3. The molecule has 2 aliphatic heterocycles. The molecule has 0 bridgehead atoms. The Labute approximate surface area is 208 Å². The number of ether oxygens (including phenoxy) is 2. The molecule has 0 saturated carbocycles. The van der Waals surface area contributed by atoms with Crippen LogP contribution in [-0.4, -0.2) is 61.6 Å². The number of nitrogens with one attached hydrogen (secondary N) is 1. The zero-order chi connectivity index (χ0) is 24.9. The number of urea groups is 1. The Hall–Kier alpha value is -3.22. The number of fused-ring (bicyclic) bond motifs is 1. The van der Waals surface area contributed by atoms with Crippen molar-refractivity contribution >= 4 is 11.9 Å². The van der Waals surface area contributed by atoms with Gasteiger partial charge in [-0.15, -0.1) is 0 Å². The molecule has 7 nitrogen and oxygen atoms in total. The van der Waals surface area contributed by atoms with Crippen LogP contribution in [0, 0.1) is 5.92 Å². The van der Waals surface area contributed by atoms with Gasteiger partial charge in [0.15, 0.2) is 11.5 Å². The fraction of sp³-hybridized carbons (Fsp3) is 0.500. The second kappa shape index (κ2) is 11.0. The van der Waals surface area contributed by atoms with Gasteiger partial charge in [0.1, 0.15) is 6.04 Å². The second-order valence-corrected chi connectivity index (χ2v) is 9.83. The first-order valence-electron chi connectivity index (χ1n) is 12.6. The van der Waals surface area contributed by atoms with Crippen molar-refractivity contribution in [3.8, 4) is 11.5 Å². The monoisotopic (exact) mass is 479 g/mol. The van der Waals surface area contributed by atoms with E-state index in [9.17, 15) is 9.59 Å². The number of carbonyl (C=O) groups excluding carboxylic acids is 2. The highest BCUT2D eigenvalue weighted by atomic mass is 16.5. The minimum atomic E-state index is -0.524. The smallest absolute Gasteiger partial charge is 0.318 e. The number of hydrogen-bond donors (Lipinski definition) is 1. The lowest BCUT2D eigenvalue weighted by atomic mass is 9.88. The molecule has 2 aromatic carbocycles. The first-order chi connectivity index (χ1) is 16.9. The minimum absolute atomic E-state index is 0.0321. The van der Waals surface area contributed by atoms with E-state index in [1.807, 2.05) is 52.3 Å². The lowest BCUT2D eigenvalue weighted by Gasteiger charge is -2.39. The van der Waals surface area contributed by atoms with E-state index in [-0.39, 0.29) is 23.9 Å². The van der Waals surface area contributed by atoms with Crippen molar-refractivity contribution < 1.29 is 19.1 Å². The number of rotatable bonds is 7. The third-order valence-corrected chi connectivity index (χ3v) is 6.97. The fourth-order valence-electron chi connectivity index (χ4n) is 5.24. The molecule has 0 unspecified atom stereocenters. The molecule has 7 heteroatoms. The van der Waals surface area contributed by atoms with Gasteiger partial charge >= 0.3 is 6.03 Å². The van der Waals surface area contributed by atoms with Crippen molar-refractivity contribution in [2.45, 2.75) is 51.6 Å². The van der Waals surface area contributed by atoms with Gasteiger partial charge in [0.2, 0.25) is 5.91 Å². The number of methoxy groups -OCH3 is 2. The molecule has 3 amide bonds. The maximum atomic E-state index is 13.8. The van der Waals surface area contributed by atoms with Crippen molar-refractivity contribution in [1.82, 2.24) is 15.1 Å². The van der Waals surface area contributed by atoms with Crippen LogP contribution in [0.1, 0.15) is 55.8 Å². The third-order valence-electron chi connectivity index (χ3n) is 6.97. The van der Waals surface area contributed by atoms with Gasteiger partial charge in [-0.25, -0.2) is 4.79 Å². The Morgan fingerprint density at radius 3 is 2.29 bits per heavy atom. The average Bonchev–Trinajstić information content (AvgIpc) is 3.41. The molecule has 1 fully saturated rings. The van der Waals surface area contributed by atoms with Crippen molar-refractivity contribution in [3.05, 3.63) is 59.2 Å². The average molecular weight is 480 g/mol. The molecule has 4 rings (SSSR count). The summed E-state index contributed by atoms with van der Waals surface area (Å²) in [7, 11) is 3.25. The zero-order valence-corrected chi connectivity index (χ0v) is 21.3. The first kappa shape index (κ1) is 24.9. The molecule has 2 atom stereocenters. The summed E-state index contributed by atoms with van der Waals surface area (Å²) in [5.74, 6) is 1.64. The summed E-state index contributed by atoms with van der Waals surface area (Å²) in [5.41, 5.74) is 3.16. The quantitative estimate of drug-likeness (QED) is 0.639. The molecule has 0 aromatic heterocycles. The molecular formula is C28H37N3O4. The summed E-state index contributed by atoms with van der Waals surface area (Å²) in [6.07, 6.45) is 3.37. The van der Waals surface area contributed by atoms with Crippen LogP contribution in [0.5, 0.6) is 11.5 Å². The number of likely N-dealkylation sites (tertiary alicyclic amines) is 1. The van der Waals surface area contributed by atoms with Crippen LogP contribution < -0.4 is 14.8 Å². The van der Waals surface area contributed by atoms with Gasteiger partial charge in [-0.3, -0.25) is 4.79 Å². The number of hydrogen-bond acceptors (Lipinski definition) is 4. The van der Waals surface area contributed by atoms with Crippen LogP contribution in [0.2, 0.25) is 0 Å². The predicted molar refractivity (Wildman–Crippen MR) is 136 cm³/mol. The Morgan fingerprint density at radius 2 is 1.66 bits per heavy atom. The van der Waals surface area contributed by atoms with Crippen molar-refractivity contribution in [3.63, 3.8) is 0 Å². The standard InChI is InChI=1S/C28H37N3O4/c1-19(2)16-23(27(32)30-13-8-9-14-30)29-28(33)31-15-12-21-17-24(34-3)25(35-4)18-22(21)26(31)20-10-6-5-7-11-20/h5-7,10-11,17-19,23,26H,8-9,12-16H2,1-4H3,(H,29,33)/t23-,26+/m0/s1. The van der Waals surface area contributed by atoms with E-state index in [4.69, 9.17) is 9.47 Å². The Bertz CT molecular complexity index is 1030. The summed E-state index contributed by atoms with van der Waals surface area (Å²) < 4.78 is 11.1. The minimum Gasteiger partial charge on any atom is -0.493 e. The SMILES string of the molecule is COc1cc2c(cc1OC)[C@@H](c1ccccc1)N(C(=O)N[C@@H](CC(C)C)C(=O)N1CCCC1)CC2. The van der Waals surface area contributed by atoms with Crippen LogP contribution in [-0.2, 0) is 11.2 Å². The van der Waals surface area contributed by atoms with E-state index in [0.29, 0.717) is 30.9 Å². The lowest BCUT2D eigenvalue weighted by molar-refractivity contribution is -0.132. The molecule has 1 N–H and O–H groups in total. The van der Waals surface area contributed by atoms with Crippen LogP contribution >= 0.6 is 0 Å². The van der Waals surface area contributed by atoms with E-state index in [2.05, 4.69) is 19.2 Å². The molecule has 2 heterocycles. The van der Waals surface area contributed by atoms with Gasteiger partial charge in [0.05, 0.1) is 20.3 Å². The maximum absolute atomic E-state index is 13.8. The molecule has 2 aliphatic rings. The summed E-state index contributed by atoms with van der Waals surface area (Å²) in [6.45, 7) is 6.25. The highest BCUT2D eigenvalue weighted by molar-refractivity contribution is 5.87. The molecule has 1 saturated heterocycles. The van der Waals surface area contributed by atoms with Gasteiger partial charge in [-0.05, 0) is 60.4 Å². The van der Waals surface area contributed by atoms with Crippen LogP contribution in [0.3, 0.4) is 0 Å².